The normalized spacial score (nSPS) is 11.1. The summed E-state index contributed by atoms with van der Waals surface area (Å²) in [5.41, 5.74) is 1.91. The van der Waals surface area contributed by atoms with E-state index in [9.17, 15) is 22.0 Å². The predicted molar refractivity (Wildman–Crippen MR) is 68.4 cm³/mol. The Morgan fingerprint density at radius 3 is 2.48 bits per heavy atom. The van der Waals surface area contributed by atoms with Crippen LogP contribution in [-0.2, 0) is 10.0 Å². The molecular formula is C12H9F2N3O3S. The molecule has 0 fully saturated rings. The van der Waals surface area contributed by atoms with Gasteiger partial charge in [0.25, 0.3) is 15.9 Å². The topological polar surface area (TPSA) is 88.2 Å². The fourth-order valence-electron chi connectivity index (χ4n) is 1.38. The van der Waals surface area contributed by atoms with Gasteiger partial charge in [0.2, 0.25) is 0 Å². The summed E-state index contributed by atoms with van der Waals surface area (Å²) in [6.07, 6.45) is 1.36. The Balaban J connectivity index is 2.11. The molecule has 0 aliphatic heterocycles. The number of benzene rings is 1. The highest BCUT2D eigenvalue weighted by molar-refractivity contribution is 7.89. The number of sulfonamides is 1. The van der Waals surface area contributed by atoms with E-state index >= 15 is 0 Å². The molecule has 1 aromatic carbocycles. The second-order valence-electron chi connectivity index (χ2n) is 3.85. The van der Waals surface area contributed by atoms with E-state index in [0.29, 0.717) is 12.1 Å². The van der Waals surface area contributed by atoms with Crippen LogP contribution in [0.3, 0.4) is 0 Å². The first-order valence-electron chi connectivity index (χ1n) is 5.58. The number of hydrogen-bond donors (Lipinski definition) is 2. The first-order chi connectivity index (χ1) is 9.90. The van der Waals surface area contributed by atoms with Crippen LogP contribution in [0, 0.1) is 11.6 Å². The van der Waals surface area contributed by atoms with Crippen molar-refractivity contribution in [3.05, 3.63) is 59.9 Å². The van der Waals surface area contributed by atoms with Crippen molar-refractivity contribution < 1.29 is 22.0 Å². The van der Waals surface area contributed by atoms with Crippen LogP contribution in [0.2, 0.25) is 0 Å². The molecule has 2 aromatic rings. The molecule has 21 heavy (non-hydrogen) atoms. The quantitative estimate of drug-likeness (QED) is 0.824. The lowest BCUT2D eigenvalue weighted by atomic mass is 10.3. The SMILES string of the molecule is O=C(NNS(=O)(=O)c1ccc(F)c(F)c1)c1ccccn1. The summed E-state index contributed by atoms with van der Waals surface area (Å²) in [5, 5.41) is 0. The summed E-state index contributed by atoms with van der Waals surface area (Å²) in [6.45, 7) is 0. The smallest absolute Gasteiger partial charge is 0.272 e. The highest BCUT2D eigenvalue weighted by Gasteiger charge is 2.18. The Kier molecular flexibility index (Phi) is 4.24. The standard InChI is InChI=1S/C12H9F2N3O3S/c13-9-5-4-8(7-10(9)14)21(19,20)17-16-12(18)11-3-1-2-6-15-11/h1-7,17H,(H,16,18). The van der Waals surface area contributed by atoms with Crippen molar-refractivity contribution >= 4 is 15.9 Å². The molecule has 1 aromatic heterocycles. The number of hydrazine groups is 1. The summed E-state index contributed by atoms with van der Waals surface area (Å²) in [6, 6.07) is 6.55. The molecule has 0 atom stereocenters. The zero-order valence-electron chi connectivity index (χ0n) is 10.4. The molecule has 0 bridgehead atoms. The van der Waals surface area contributed by atoms with Gasteiger partial charge >= 0.3 is 0 Å². The lowest BCUT2D eigenvalue weighted by Crippen LogP contribution is -2.41. The van der Waals surface area contributed by atoms with Crippen LogP contribution in [0.1, 0.15) is 10.5 Å². The fraction of sp³-hybridized carbons (Fsp3) is 0. The molecule has 2 rings (SSSR count). The van der Waals surface area contributed by atoms with Gasteiger partial charge in [-0.3, -0.25) is 15.2 Å². The Morgan fingerprint density at radius 2 is 1.86 bits per heavy atom. The average molecular weight is 313 g/mol. The van der Waals surface area contributed by atoms with E-state index in [2.05, 4.69) is 4.98 Å². The molecule has 0 saturated heterocycles. The van der Waals surface area contributed by atoms with Crippen molar-refractivity contribution in [2.75, 3.05) is 0 Å². The third-order valence-electron chi connectivity index (χ3n) is 2.40. The van der Waals surface area contributed by atoms with Crippen LogP contribution in [-0.4, -0.2) is 19.3 Å². The van der Waals surface area contributed by atoms with E-state index in [0.717, 1.165) is 6.07 Å². The second kappa shape index (κ2) is 5.94. The predicted octanol–water partition coefficient (Wildman–Crippen LogP) is 0.983. The number of pyridine rings is 1. The Hall–Kier alpha value is -2.39. The minimum atomic E-state index is -4.22. The van der Waals surface area contributed by atoms with Gasteiger partial charge < -0.3 is 0 Å². The number of aromatic nitrogens is 1. The first kappa shape index (κ1) is 15.0. The second-order valence-corrected chi connectivity index (χ2v) is 5.53. The van der Waals surface area contributed by atoms with Gasteiger partial charge in [-0.15, -0.1) is 4.83 Å². The molecule has 0 unspecified atom stereocenters. The monoisotopic (exact) mass is 313 g/mol. The molecule has 2 N–H and O–H groups in total. The number of halogens is 2. The van der Waals surface area contributed by atoms with Gasteiger partial charge in [-0.2, -0.15) is 0 Å². The summed E-state index contributed by atoms with van der Waals surface area (Å²) in [5.74, 6) is -3.28. The van der Waals surface area contributed by atoms with Gasteiger partial charge in [-0.25, -0.2) is 17.2 Å². The molecule has 0 spiro atoms. The van der Waals surface area contributed by atoms with Crippen molar-refractivity contribution in [2.24, 2.45) is 0 Å². The lowest BCUT2D eigenvalue weighted by molar-refractivity contribution is 0.0940. The molecule has 6 nitrogen and oxygen atoms in total. The molecule has 1 amide bonds. The van der Waals surface area contributed by atoms with Crippen LogP contribution in [0.5, 0.6) is 0 Å². The minimum Gasteiger partial charge on any atom is -0.272 e. The van der Waals surface area contributed by atoms with Gasteiger partial charge in [0.15, 0.2) is 11.6 Å². The van der Waals surface area contributed by atoms with Crippen molar-refractivity contribution in [1.82, 2.24) is 15.2 Å². The zero-order chi connectivity index (χ0) is 15.5. The number of carbonyl (C=O) groups excluding carboxylic acids is 1. The number of nitrogens with one attached hydrogen (secondary N) is 2. The van der Waals surface area contributed by atoms with Gasteiger partial charge in [-0.1, -0.05) is 6.07 Å². The Morgan fingerprint density at radius 1 is 1.10 bits per heavy atom. The van der Waals surface area contributed by atoms with Crippen LogP contribution < -0.4 is 10.3 Å². The third-order valence-corrected chi connectivity index (χ3v) is 3.64. The Labute approximate surface area is 118 Å². The zero-order valence-corrected chi connectivity index (χ0v) is 11.2. The maximum atomic E-state index is 13.0. The summed E-state index contributed by atoms with van der Waals surface area (Å²) in [4.78, 5) is 16.6. The van der Waals surface area contributed by atoms with Gasteiger partial charge in [0.05, 0.1) is 4.90 Å². The first-order valence-corrected chi connectivity index (χ1v) is 7.07. The van der Waals surface area contributed by atoms with E-state index in [1.807, 2.05) is 5.43 Å². The largest absolute Gasteiger partial charge is 0.284 e. The number of carbonyl (C=O) groups is 1. The maximum absolute atomic E-state index is 13.0. The minimum absolute atomic E-state index is 0.00881. The van der Waals surface area contributed by atoms with E-state index in [-0.39, 0.29) is 5.69 Å². The Bertz CT molecular complexity index is 767. The molecular weight excluding hydrogens is 304 g/mol. The molecule has 0 aliphatic rings. The number of nitrogens with zero attached hydrogens (tertiary/aromatic N) is 1. The highest BCUT2D eigenvalue weighted by atomic mass is 32.2. The summed E-state index contributed by atoms with van der Waals surface area (Å²) < 4.78 is 49.4. The van der Waals surface area contributed by atoms with Crippen molar-refractivity contribution in [3.63, 3.8) is 0 Å². The van der Waals surface area contributed by atoms with Gasteiger partial charge in [0.1, 0.15) is 5.69 Å². The maximum Gasteiger partial charge on any atom is 0.284 e. The molecule has 0 saturated carbocycles. The number of rotatable bonds is 4. The van der Waals surface area contributed by atoms with Gasteiger partial charge in [-0.05, 0) is 30.3 Å². The number of amides is 1. The van der Waals surface area contributed by atoms with Crippen molar-refractivity contribution in [2.45, 2.75) is 4.90 Å². The lowest BCUT2D eigenvalue weighted by Gasteiger charge is -2.08. The summed E-state index contributed by atoms with van der Waals surface area (Å²) in [7, 11) is -4.22. The fourth-order valence-corrected chi connectivity index (χ4v) is 2.23. The molecule has 0 aliphatic carbocycles. The van der Waals surface area contributed by atoms with E-state index < -0.39 is 32.5 Å². The van der Waals surface area contributed by atoms with Crippen LogP contribution >= 0.6 is 0 Å². The van der Waals surface area contributed by atoms with E-state index in [1.165, 1.54) is 12.3 Å². The van der Waals surface area contributed by atoms with Crippen molar-refractivity contribution in [3.8, 4) is 0 Å². The highest BCUT2D eigenvalue weighted by Crippen LogP contribution is 2.13. The van der Waals surface area contributed by atoms with Gasteiger partial charge in [0, 0.05) is 6.20 Å². The summed E-state index contributed by atoms with van der Waals surface area (Å²) >= 11 is 0. The molecule has 1 heterocycles. The molecule has 0 radical (unpaired) electrons. The molecule has 9 heteroatoms. The van der Waals surface area contributed by atoms with E-state index in [1.54, 1.807) is 17.0 Å². The number of hydrogen-bond acceptors (Lipinski definition) is 4. The van der Waals surface area contributed by atoms with Crippen molar-refractivity contribution in [1.29, 1.82) is 0 Å². The van der Waals surface area contributed by atoms with Crippen LogP contribution in [0.4, 0.5) is 8.78 Å². The molecule has 110 valence electrons. The van der Waals surface area contributed by atoms with Crippen LogP contribution in [0.15, 0.2) is 47.5 Å². The van der Waals surface area contributed by atoms with E-state index in [4.69, 9.17) is 0 Å². The van der Waals surface area contributed by atoms with Crippen LogP contribution in [0.25, 0.3) is 0 Å². The third kappa shape index (κ3) is 3.58. The average Bonchev–Trinajstić information content (AvgIpc) is 2.48.